The summed E-state index contributed by atoms with van der Waals surface area (Å²) in [4.78, 5) is -0.132. The quantitative estimate of drug-likeness (QED) is 0.373. The molecule has 22 heavy (non-hydrogen) atoms. The van der Waals surface area contributed by atoms with Gasteiger partial charge in [-0.2, -0.15) is 0 Å². The van der Waals surface area contributed by atoms with E-state index in [-0.39, 0.29) is 34.5 Å². The summed E-state index contributed by atoms with van der Waals surface area (Å²) in [6.07, 6.45) is 9.56. The molecule has 0 unspecified atom stereocenters. The van der Waals surface area contributed by atoms with Gasteiger partial charge in [-0.3, -0.25) is 0 Å². The van der Waals surface area contributed by atoms with Gasteiger partial charge < -0.3 is 4.55 Å². The van der Waals surface area contributed by atoms with Crippen molar-refractivity contribution in [2.45, 2.75) is 76.0 Å². The molecule has 1 rings (SSSR count). The van der Waals surface area contributed by atoms with Crippen molar-refractivity contribution in [2.24, 2.45) is 0 Å². The Morgan fingerprint density at radius 1 is 0.909 bits per heavy atom. The van der Waals surface area contributed by atoms with E-state index in [9.17, 15) is 13.0 Å². The summed E-state index contributed by atoms with van der Waals surface area (Å²) in [5.41, 5.74) is 1.16. The molecular weight excluding hydrogens is 307 g/mol. The first-order chi connectivity index (χ1) is 9.99. The molecule has 0 spiro atoms. The maximum Gasteiger partial charge on any atom is 1.00 e. The summed E-state index contributed by atoms with van der Waals surface area (Å²) in [7, 11) is -4.34. The third-order valence-electron chi connectivity index (χ3n) is 3.95. The van der Waals surface area contributed by atoms with Gasteiger partial charge in [0.1, 0.15) is 10.1 Å². The summed E-state index contributed by atoms with van der Waals surface area (Å²) in [6, 6.07) is 6.52. The molecule has 0 saturated carbocycles. The summed E-state index contributed by atoms with van der Waals surface area (Å²) in [5, 5.41) is 0. The van der Waals surface area contributed by atoms with Crippen LogP contribution in [-0.4, -0.2) is 13.0 Å². The molecule has 0 aliphatic heterocycles. The molecule has 0 saturated heterocycles. The van der Waals surface area contributed by atoms with Gasteiger partial charge in [0.25, 0.3) is 0 Å². The number of rotatable bonds is 10. The second-order valence-electron chi connectivity index (χ2n) is 5.71. The zero-order chi connectivity index (χ0) is 15.7. The molecule has 1 aromatic carbocycles. The van der Waals surface area contributed by atoms with Gasteiger partial charge in [-0.1, -0.05) is 64.5 Å². The Kier molecular flexibility index (Phi) is 11.7. The number of unbranched alkanes of at least 4 members (excludes halogenated alkanes) is 4. The van der Waals surface area contributed by atoms with Gasteiger partial charge in [-0.05, 0) is 36.5 Å². The Labute approximate surface area is 157 Å². The van der Waals surface area contributed by atoms with Crippen LogP contribution in [0.4, 0.5) is 0 Å². The molecule has 120 valence electrons. The molecule has 0 aromatic heterocycles. The van der Waals surface area contributed by atoms with Crippen LogP contribution in [0.1, 0.15) is 76.7 Å². The fourth-order valence-corrected chi connectivity index (χ4v) is 3.14. The molecule has 0 aliphatic carbocycles. The van der Waals surface area contributed by atoms with Crippen LogP contribution in [0.15, 0.2) is 29.2 Å². The first-order valence-electron chi connectivity index (χ1n) is 8.04. The molecule has 0 fully saturated rings. The first kappa shape index (κ1) is 22.1. The van der Waals surface area contributed by atoms with Gasteiger partial charge in [0, 0.05) is 0 Å². The van der Waals surface area contributed by atoms with E-state index in [4.69, 9.17) is 0 Å². The zero-order valence-corrected chi connectivity index (χ0v) is 17.0. The largest absolute Gasteiger partial charge is 1.00 e. The standard InChI is InChI=1S/C17H28O3S.Na/c1-3-5-7-9-15(10-8-6-4-2)16-11-13-17(14-12-16)21(18,19)20;/h11-15H,3-10H2,1-2H3,(H,18,19,20);/q;+1/p-1. The smallest absolute Gasteiger partial charge is 0.744 e. The van der Waals surface area contributed by atoms with Crippen molar-refractivity contribution >= 4 is 10.1 Å². The zero-order valence-electron chi connectivity index (χ0n) is 14.2. The Morgan fingerprint density at radius 3 is 1.73 bits per heavy atom. The Bertz CT molecular complexity index is 487. The van der Waals surface area contributed by atoms with E-state index in [1.165, 1.54) is 50.7 Å². The van der Waals surface area contributed by atoms with Crippen LogP contribution in [0.3, 0.4) is 0 Å². The number of hydrogen-bond donors (Lipinski definition) is 0. The van der Waals surface area contributed by atoms with Crippen molar-refractivity contribution in [1.29, 1.82) is 0 Å². The van der Waals surface area contributed by atoms with E-state index in [1.54, 1.807) is 0 Å². The summed E-state index contributed by atoms with van der Waals surface area (Å²) >= 11 is 0. The third kappa shape index (κ3) is 8.11. The van der Waals surface area contributed by atoms with Gasteiger partial charge in [-0.25, -0.2) is 8.42 Å². The average molecular weight is 334 g/mol. The van der Waals surface area contributed by atoms with Crippen molar-refractivity contribution in [2.75, 3.05) is 0 Å². The summed E-state index contributed by atoms with van der Waals surface area (Å²) < 4.78 is 32.9. The van der Waals surface area contributed by atoms with Crippen molar-refractivity contribution in [3.63, 3.8) is 0 Å². The number of benzene rings is 1. The van der Waals surface area contributed by atoms with Crippen LogP contribution in [0.2, 0.25) is 0 Å². The fraction of sp³-hybridized carbons (Fsp3) is 0.647. The van der Waals surface area contributed by atoms with Gasteiger partial charge in [-0.15, -0.1) is 0 Å². The topological polar surface area (TPSA) is 57.2 Å². The summed E-state index contributed by atoms with van der Waals surface area (Å²) in [5.74, 6) is 0.478. The SMILES string of the molecule is CCCCCC(CCCCC)c1ccc(S(=O)(=O)[O-])cc1.[Na+]. The van der Waals surface area contributed by atoms with Gasteiger partial charge in [0.05, 0.1) is 4.90 Å². The normalized spacial score (nSPS) is 11.5. The predicted molar refractivity (Wildman–Crippen MR) is 85.4 cm³/mol. The predicted octanol–water partition coefficient (Wildman–Crippen LogP) is 1.84. The fourth-order valence-electron chi connectivity index (χ4n) is 2.67. The molecule has 0 bridgehead atoms. The van der Waals surface area contributed by atoms with Crippen molar-refractivity contribution in [3.05, 3.63) is 29.8 Å². The molecule has 0 aliphatic rings. The Balaban J connectivity index is 0.00000441. The monoisotopic (exact) mass is 334 g/mol. The van der Waals surface area contributed by atoms with Crippen LogP contribution < -0.4 is 29.6 Å². The van der Waals surface area contributed by atoms with E-state index >= 15 is 0 Å². The van der Waals surface area contributed by atoms with Crippen LogP contribution in [0.5, 0.6) is 0 Å². The van der Waals surface area contributed by atoms with Crippen LogP contribution in [-0.2, 0) is 10.1 Å². The Morgan fingerprint density at radius 2 is 1.36 bits per heavy atom. The first-order valence-corrected chi connectivity index (χ1v) is 9.45. The molecule has 0 amide bonds. The minimum atomic E-state index is -4.34. The second-order valence-corrected chi connectivity index (χ2v) is 7.09. The van der Waals surface area contributed by atoms with Crippen molar-refractivity contribution in [3.8, 4) is 0 Å². The van der Waals surface area contributed by atoms with Crippen LogP contribution in [0.25, 0.3) is 0 Å². The summed E-state index contributed by atoms with van der Waals surface area (Å²) in [6.45, 7) is 4.39. The van der Waals surface area contributed by atoms with E-state index in [0.717, 1.165) is 18.4 Å². The van der Waals surface area contributed by atoms with Crippen LogP contribution in [0, 0.1) is 0 Å². The van der Waals surface area contributed by atoms with Crippen LogP contribution >= 0.6 is 0 Å². The van der Waals surface area contributed by atoms with E-state index in [0.29, 0.717) is 5.92 Å². The molecule has 0 radical (unpaired) electrons. The van der Waals surface area contributed by atoms with Crippen molar-refractivity contribution < 1.29 is 42.5 Å². The molecule has 0 atom stereocenters. The van der Waals surface area contributed by atoms with E-state index < -0.39 is 10.1 Å². The molecule has 3 nitrogen and oxygen atoms in total. The molecular formula is C17H27NaO3S. The average Bonchev–Trinajstić information content (AvgIpc) is 2.45. The van der Waals surface area contributed by atoms with E-state index in [1.807, 2.05) is 12.1 Å². The molecule has 0 N–H and O–H groups in total. The number of hydrogen-bond acceptors (Lipinski definition) is 3. The molecule has 0 heterocycles. The van der Waals surface area contributed by atoms with Gasteiger partial charge >= 0.3 is 29.6 Å². The van der Waals surface area contributed by atoms with Gasteiger partial charge in [0.15, 0.2) is 0 Å². The maximum absolute atomic E-state index is 11.0. The Hall–Kier alpha value is 0.130. The van der Waals surface area contributed by atoms with E-state index in [2.05, 4.69) is 13.8 Å². The minimum Gasteiger partial charge on any atom is -0.744 e. The maximum atomic E-state index is 11.0. The molecule has 5 heteroatoms. The second kappa shape index (κ2) is 11.6. The third-order valence-corrected chi connectivity index (χ3v) is 4.80. The van der Waals surface area contributed by atoms with Crippen molar-refractivity contribution in [1.82, 2.24) is 0 Å². The minimum absolute atomic E-state index is 0. The molecule has 1 aromatic rings. The van der Waals surface area contributed by atoms with Gasteiger partial charge in [0.2, 0.25) is 0 Å².